The first-order valence-corrected chi connectivity index (χ1v) is 9.80. The number of fused-ring (bicyclic) bond motifs is 1. The van der Waals surface area contributed by atoms with Crippen molar-refractivity contribution in [1.29, 1.82) is 0 Å². The van der Waals surface area contributed by atoms with E-state index in [0.29, 0.717) is 15.8 Å². The van der Waals surface area contributed by atoms with Gasteiger partial charge in [-0.2, -0.15) is 0 Å². The molecule has 5 nitrogen and oxygen atoms in total. The van der Waals surface area contributed by atoms with Crippen molar-refractivity contribution in [3.05, 3.63) is 86.9 Å². The van der Waals surface area contributed by atoms with Crippen LogP contribution in [0.2, 0.25) is 5.02 Å². The molecule has 0 atom stereocenters. The molecule has 0 N–H and O–H groups in total. The Morgan fingerprint density at radius 1 is 1.00 bits per heavy atom. The molecule has 0 saturated carbocycles. The van der Waals surface area contributed by atoms with E-state index in [1.807, 2.05) is 56.4 Å². The van der Waals surface area contributed by atoms with Gasteiger partial charge in [0.2, 0.25) is 5.65 Å². The first-order valence-electron chi connectivity index (χ1n) is 8.43. The summed E-state index contributed by atoms with van der Waals surface area (Å²) in [5, 5.41) is 9.70. The number of halogens is 1. The Kier molecular flexibility index (Phi) is 4.76. The van der Waals surface area contributed by atoms with Crippen molar-refractivity contribution in [2.45, 2.75) is 24.8 Å². The fourth-order valence-electron chi connectivity index (χ4n) is 2.99. The van der Waals surface area contributed by atoms with Gasteiger partial charge in [-0.25, -0.2) is 0 Å². The highest BCUT2D eigenvalue weighted by atomic mass is 35.5. The highest BCUT2D eigenvalue weighted by Gasteiger charge is 2.12. The molecule has 27 heavy (non-hydrogen) atoms. The molecule has 0 saturated heterocycles. The van der Waals surface area contributed by atoms with Gasteiger partial charge in [0.25, 0.3) is 0 Å². The average molecular weight is 397 g/mol. The molecule has 0 unspecified atom stereocenters. The highest BCUT2D eigenvalue weighted by molar-refractivity contribution is 7.98. The van der Waals surface area contributed by atoms with Gasteiger partial charge in [-0.1, -0.05) is 41.6 Å². The first-order chi connectivity index (χ1) is 13.0. The molecule has 4 rings (SSSR count). The summed E-state index contributed by atoms with van der Waals surface area (Å²) in [6, 6.07) is 13.7. The molecule has 2 heterocycles. The quantitative estimate of drug-likeness (QED) is 0.478. The summed E-state index contributed by atoms with van der Waals surface area (Å²) in [6.07, 6.45) is 3.60. The maximum atomic E-state index is 12.9. The van der Waals surface area contributed by atoms with Gasteiger partial charge >= 0.3 is 5.56 Å². The lowest BCUT2D eigenvalue weighted by molar-refractivity contribution is 0.892. The third kappa shape index (κ3) is 3.63. The van der Waals surface area contributed by atoms with E-state index in [0.717, 1.165) is 28.1 Å². The van der Waals surface area contributed by atoms with Crippen LogP contribution >= 0.6 is 23.4 Å². The van der Waals surface area contributed by atoms with Crippen molar-refractivity contribution < 1.29 is 0 Å². The van der Waals surface area contributed by atoms with Gasteiger partial charge in [-0.05, 0) is 54.8 Å². The Labute approximate surface area is 165 Å². The zero-order chi connectivity index (χ0) is 19.0. The molecule has 0 bridgehead atoms. The van der Waals surface area contributed by atoms with Crippen molar-refractivity contribution in [2.75, 3.05) is 0 Å². The summed E-state index contributed by atoms with van der Waals surface area (Å²) in [4.78, 5) is 12.9. The Balaban J connectivity index is 1.67. The SMILES string of the molecule is Cc1cc(C)cc(-n2ccn3c(SCc4ccc(Cl)cc4)nnc3c2=O)c1. The fourth-order valence-corrected chi connectivity index (χ4v) is 3.99. The summed E-state index contributed by atoms with van der Waals surface area (Å²) in [7, 11) is 0. The molecule has 7 heteroatoms. The summed E-state index contributed by atoms with van der Waals surface area (Å²) in [5.41, 5.74) is 4.31. The Bertz CT molecular complexity index is 1160. The van der Waals surface area contributed by atoms with Crippen LogP contribution in [0.3, 0.4) is 0 Å². The average Bonchev–Trinajstić information content (AvgIpc) is 3.05. The lowest BCUT2D eigenvalue weighted by Gasteiger charge is -2.08. The number of hydrogen-bond donors (Lipinski definition) is 0. The maximum Gasteiger partial charge on any atom is 0.300 e. The third-order valence-electron chi connectivity index (χ3n) is 4.21. The van der Waals surface area contributed by atoms with E-state index in [4.69, 9.17) is 11.6 Å². The van der Waals surface area contributed by atoms with Crippen molar-refractivity contribution in [2.24, 2.45) is 0 Å². The van der Waals surface area contributed by atoms with Gasteiger partial charge in [0.05, 0.1) is 0 Å². The van der Waals surface area contributed by atoms with Gasteiger partial charge in [0.1, 0.15) is 0 Å². The van der Waals surface area contributed by atoms with Crippen molar-refractivity contribution in [3.63, 3.8) is 0 Å². The van der Waals surface area contributed by atoms with E-state index < -0.39 is 0 Å². The number of aromatic nitrogens is 4. The van der Waals surface area contributed by atoms with Crippen LogP contribution in [-0.2, 0) is 5.75 Å². The lowest BCUT2D eigenvalue weighted by Crippen LogP contribution is -2.20. The summed E-state index contributed by atoms with van der Waals surface area (Å²) in [5.74, 6) is 0.720. The van der Waals surface area contributed by atoms with Crippen LogP contribution in [0.15, 0.2) is 64.8 Å². The maximum absolute atomic E-state index is 12.9. The number of thioether (sulfide) groups is 1. The molecule has 4 aromatic rings. The van der Waals surface area contributed by atoms with Crippen molar-refractivity contribution in [3.8, 4) is 5.69 Å². The minimum absolute atomic E-state index is 0.187. The minimum atomic E-state index is -0.187. The highest BCUT2D eigenvalue weighted by Crippen LogP contribution is 2.22. The van der Waals surface area contributed by atoms with Crippen LogP contribution in [0.4, 0.5) is 0 Å². The smallest absolute Gasteiger partial charge is 0.280 e. The van der Waals surface area contributed by atoms with Crippen LogP contribution in [0.1, 0.15) is 16.7 Å². The van der Waals surface area contributed by atoms with Crippen LogP contribution < -0.4 is 5.56 Å². The van der Waals surface area contributed by atoms with Gasteiger partial charge in [-0.15, -0.1) is 10.2 Å². The minimum Gasteiger partial charge on any atom is -0.280 e. The zero-order valence-corrected chi connectivity index (χ0v) is 16.5. The Morgan fingerprint density at radius 3 is 2.41 bits per heavy atom. The largest absolute Gasteiger partial charge is 0.300 e. The third-order valence-corrected chi connectivity index (χ3v) is 5.47. The monoisotopic (exact) mass is 396 g/mol. The summed E-state index contributed by atoms with van der Waals surface area (Å²) < 4.78 is 3.35. The summed E-state index contributed by atoms with van der Waals surface area (Å²) >= 11 is 7.45. The molecule has 2 aromatic heterocycles. The van der Waals surface area contributed by atoms with Crippen LogP contribution in [0.25, 0.3) is 11.3 Å². The standard InChI is InChI=1S/C20H17ClN4OS/c1-13-9-14(2)11-17(10-13)24-7-8-25-18(19(24)26)22-23-20(25)27-12-15-3-5-16(21)6-4-15/h3-11H,12H2,1-2H3. The van der Waals surface area contributed by atoms with E-state index in [1.165, 1.54) is 11.8 Å². The number of aryl methyl sites for hydroxylation is 2. The van der Waals surface area contributed by atoms with Gasteiger partial charge in [-0.3, -0.25) is 13.8 Å². The van der Waals surface area contributed by atoms with Crippen LogP contribution in [-0.4, -0.2) is 19.2 Å². The number of benzene rings is 2. The first kappa shape index (κ1) is 17.8. The molecule has 136 valence electrons. The molecule has 0 aliphatic heterocycles. The van der Waals surface area contributed by atoms with Crippen LogP contribution in [0, 0.1) is 13.8 Å². The van der Waals surface area contributed by atoms with E-state index in [9.17, 15) is 4.79 Å². The second-order valence-corrected chi connectivity index (χ2v) is 7.79. The van der Waals surface area contributed by atoms with E-state index in [2.05, 4.69) is 16.3 Å². The predicted molar refractivity (Wildman–Crippen MR) is 109 cm³/mol. The molecule has 0 fully saturated rings. The predicted octanol–water partition coefficient (Wildman–Crippen LogP) is 4.44. The molecular formula is C20H17ClN4OS. The summed E-state index contributed by atoms with van der Waals surface area (Å²) in [6.45, 7) is 4.03. The zero-order valence-electron chi connectivity index (χ0n) is 14.9. The second-order valence-electron chi connectivity index (χ2n) is 6.41. The molecule has 0 aliphatic carbocycles. The van der Waals surface area contributed by atoms with Crippen molar-refractivity contribution in [1.82, 2.24) is 19.2 Å². The molecule has 0 aliphatic rings. The topological polar surface area (TPSA) is 52.2 Å². The number of hydrogen-bond acceptors (Lipinski definition) is 4. The number of nitrogens with zero attached hydrogens (tertiary/aromatic N) is 4. The molecule has 0 radical (unpaired) electrons. The number of rotatable bonds is 4. The van der Waals surface area contributed by atoms with Gasteiger partial charge < -0.3 is 0 Å². The normalized spacial score (nSPS) is 11.2. The van der Waals surface area contributed by atoms with E-state index >= 15 is 0 Å². The van der Waals surface area contributed by atoms with Gasteiger partial charge in [0.15, 0.2) is 5.16 Å². The fraction of sp³-hybridized carbons (Fsp3) is 0.150. The lowest BCUT2D eigenvalue weighted by atomic mass is 10.1. The second kappa shape index (κ2) is 7.21. The molecular weight excluding hydrogens is 380 g/mol. The van der Waals surface area contributed by atoms with Crippen molar-refractivity contribution >= 4 is 29.0 Å². The Hall–Kier alpha value is -2.57. The van der Waals surface area contributed by atoms with Gasteiger partial charge in [0, 0.05) is 28.9 Å². The molecule has 2 aromatic carbocycles. The molecule has 0 spiro atoms. The van der Waals surface area contributed by atoms with Crippen LogP contribution in [0.5, 0.6) is 0 Å². The van der Waals surface area contributed by atoms with E-state index in [-0.39, 0.29) is 5.56 Å². The molecule has 0 amide bonds. The van der Waals surface area contributed by atoms with E-state index in [1.54, 1.807) is 15.2 Å². The Morgan fingerprint density at radius 2 is 1.70 bits per heavy atom.